The fraction of sp³-hybridized carbons (Fsp3) is 0. The minimum absolute atomic E-state index is 0.235. The van der Waals surface area contributed by atoms with E-state index in [0.29, 0.717) is 5.56 Å². The molecule has 0 unspecified atom stereocenters. The van der Waals surface area contributed by atoms with Crippen molar-refractivity contribution in [2.24, 2.45) is 5.10 Å². The van der Waals surface area contributed by atoms with E-state index in [0.717, 1.165) is 27.6 Å². The van der Waals surface area contributed by atoms with Crippen molar-refractivity contribution >= 4 is 23.0 Å². The average Bonchev–Trinajstić information content (AvgIpc) is 3.12. The zero-order valence-corrected chi connectivity index (χ0v) is 14.0. The lowest BCUT2D eigenvalue weighted by molar-refractivity contribution is 0.0955. The van der Waals surface area contributed by atoms with Crippen molar-refractivity contribution in [2.75, 3.05) is 0 Å². The Balaban J connectivity index is 1.45. The highest BCUT2D eigenvalue weighted by Crippen LogP contribution is 2.19. The molecule has 26 heavy (non-hydrogen) atoms. The van der Waals surface area contributed by atoms with Crippen LogP contribution in [0.2, 0.25) is 0 Å². The number of benzene rings is 3. The summed E-state index contributed by atoms with van der Waals surface area (Å²) in [5.41, 5.74) is 7.31. The number of amides is 1. The highest BCUT2D eigenvalue weighted by molar-refractivity contribution is 6.00. The lowest BCUT2D eigenvalue weighted by atomic mass is 10.0. The van der Waals surface area contributed by atoms with E-state index in [9.17, 15) is 4.79 Å². The summed E-state index contributed by atoms with van der Waals surface area (Å²) in [5.74, 6) is -0.235. The van der Waals surface area contributed by atoms with Crippen LogP contribution in [0.5, 0.6) is 0 Å². The normalized spacial score (nSPS) is 11.1. The summed E-state index contributed by atoms with van der Waals surface area (Å²) >= 11 is 0. The number of hydrogen-bond donors (Lipinski definition) is 2. The topological polar surface area (TPSA) is 57.2 Å². The Morgan fingerprint density at radius 3 is 2.35 bits per heavy atom. The number of hydrogen-bond acceptors (Lipinski definition) is 2. The summed E-state index contributed by atoms with van der Waals surface area (Å²) in [4.78, 5) is 15.4. The van der Waals surface area contributed by atoms with Gasteiger partial charge in [-0.25, -0.2) is 5.43 Å². The van der Waals surface area contributed by atoms with Crippen LogP contribution in [-0.4, -0.2) is 17.1 Å². The van der Waals surface area contributed by atoms with Gasteiger partial charge in [-0.15, -0.1) is 0 Å². The molecule has 1 aromatic heterocycles. The van der Waals surface area contributed by atoms with Crippen molar-refractivity contribution in [2.45, 2.75) is 0 Å². The molecule has 126 valence electrons. The molecule has 0 atom stereocenters. The molecule has 0 bridgehead atoms. The number of H-pyrrole nitrogens is 1. The first-order valence-corrected chi connectivity index (χ1v) is 8.36. The van der Waals surface area contributed by atoms with Crippen molar-refractivity contribution in [3.8, 4) is 11.1 Å². The standard InChI is InChI=1S/C22H17N3O/c26-22(18-12-10-17(11-13-18)16-6-2-1-3-7-16)25-24-15-19-14-23-21-9-5-4-8-20(19)21/h1-15,23H,(H,25,26)/b24-15-. The van der Waals surface area contributed by atoms with E-state index in [2.05, 4.69) is 15.5 Å². The summed E-state index contributed by atoms with van der Waals surface area (Å²) in [6.07, 6.45) is 3.52. The van der Waals surface area contributed by atoms with Crippen LogP contribution in [0.4, 0.5) is 0 Å². The second kappa shape index (κ2) is 7.07. The summed E-state index contributed by atoms with van der Waals surface area (Å²) in [6, 6.07) is 25.5. The van der Waals surface area contributed by atoms with E-state index in [1.165, 1.54) is 0 Å². The zero-order chi connectivity index (χ0) is 17.8. The van der Waals surface area contributed by atoms with E-state index < -0.39 is 0 Å². The van der Waals surface area contributed by atoms with Gasteiger partial charge in [-0.05, 0) is 29.3 Å². The van der Waals surface area contributed by atoms with E-state index >= 15 is 0 Å². The van der Waals surface area contributed by atoms with Crippen molar-refractivity contribution in [1.29, 1.82) is 0 Å². The van der Waals surface area contributed by atoms with E-state index in [1.54, 1.807) is 18.3 Å². The molecule has 0 spiro atoms. The first-order chi connectivity index (χ1) is 12.8. The molecule has 4 aromatic rings. The second-order valence-corrected chi connectivity index (χ2v) is 5.93. The number of hydrazone groups is 1. The van der Waals surface area contributed by atoms with Crippen molar-refractivity contribution < 1.29 is 4.79 Å². The summed E-state index contributed by atoms with van der Waals surface area (Å²) in [6.45, 7) is 0. The van der Waals surface area contributed by atoms with Crippen molar-refractivity contribution in [3.05, 3.63) is 96.2 Å². The fourth-order valence-electron chi connectivity index (χ4n) is 2.87. The molecule has 0 saturated heterocycles. The van der Waals surface area contributed by atoms with Gasteiger partial charge in [0.15, 0.2) is 0 Å². The van der Waals surface area contributed by atoms with Crippen LogP contribution in [0.15, 0.2) is 90.2 Å². The number of rotatable bonds is 4. The third-order valence-electron chi connectivity index (χ3n) is 4.25. The van der Waals surface area contributed by atoms with Gasteiger partial charge >= 0.3 is 0 Å². The number of aromatic amines is 1. The minimum Gasteiger partial charge on any atom is -0.361 e. The summed E-state index contributed by atoms with van der Waals surface area (Å²) < 4.78 is 0. The van der Waals surface area contributed by atoms with Crippen molar-refractivity contribution in [3.63, 3.8) is 0 Å². The average molecular weight is 339 g/mol. The van der Waals surface area contributed by atoms with Gasteiger partial charge in [-0.1, -0.05) is 60.7 Å². The molecule has 0 aliphatic carbocycles. The maximum absolute atomic E-state index is 12.3. The van der Waals surface area contributed by atoms with Crippen LogP contribution < -0.4 is 5.43 Å². The van der Waals surface area contributed by atoms with E-state index in [1.807, 2.05) is 72.9 Å². The van der Waals surface area contributed by atoms with Gasteiger partial charge in [0, 0.05) is 28.2 Å². The van der Waals surface area contributed by atoms with Gasteiger partial charge in [0.2, 0.25) is 0 Å². The van der Waals surface area contributed by atoms with Crippen LogP contribution in [0, 0.1) is 0 Å². The SMILES string of the molecule is O=C(N/N=C\c1c[nH]c2ccccc12)c1ccc(-c2ccccc2)cc1. The lowest BCUT2D eigenvalue weighted by Gasteiger charge is -2.03. The molecule has 4 nitrogen and oxygen atoms in total. The second-order valence-electron chi connectivity index (χ2n) is 5.93. The van der Waals surface area contributed by atoms with E-state index in [4.69, 9.17) is 0 Å². The largest absolute Gasteiger partial charge is 0.361 e. The van der Waals surface area contributed by atoms with Gasteiger partial charge in [-0.3, -0.25) is 4.79 Å². The van der Waals surface area contributed by atoms with Crippen LogP contribution in [0.1, 0.15) is 15.9 Å². The van der Waals surface area contributed by atoms with Crippen molar-refractivity contribution in [1.82, 2.24) is 10.4 Å². The Bertz CT molecular complexity index is 1060. The Morgan fingerprint density at radius 2 is 1.54 bits per heavy atom. The number of aromatic nitrogens is 1. The Morgan fingerprint density at radius 1 is 0.846 bits per heavy atom. The molecule has 0 aliphatic rings. The Kier molecular flexibility index (Phi) is 4.31. The maximum atomic E-state index is 12.3. The first-order valence-electron chi connectivity index (χ1n) is 8.36. The molecule has 4 rings (SSSR count). The number of carbonyl (C=O) groups is 1. The third-order valence-corrected chi connectivity index (χ3v) is 4.25. The molecule has 1 heterocycles. The predicted molar refractivity (Wildman–Crippen MR) is 105 cm³/mol. The summed E-state index contributed by atoms with van der Waals surface area (Å²) in [5, 5.41) is 5.14. The Hall–Kier alpha value is -3.66. The molecule has 0 fully saturated rings. The van der Waals surface area contributed by atoms with Gasteiger partial charge in [0.1, 0.15) is 0 Å². The highest BCUT2D eigenvalue weighted by atomic mass is 16.2. The number of nitrogens with zero attached hydrogens (tertiary/aromatic N) is 1. The third kappa shape index (κ3) is 3.26. The van der Waals surface area contributed by atoms with Crippen LogP contribution >= 0.6 is 0 Å². The lowest BCUT2D eigenvalue weighted by Crippen LogP contribution is -2.17. The fourth-order valence-corrected chi connectivity index (χ4v) is 2.87. The maximum Gasteiger partial charge on any atom is 0.271 e. The monoisotopic (exact) mass is 339 g/mol. The zero-order valence-electron chi connectivity index (χ0n) is 14.0. The minimum atomic E-state index is -0.235. The predicted octanol–water partition coefficient (Wildman–Crippen LogP) is 4.60. The van der Waals surface area contributed by atoms with Crippen LogP contribution in [-0.2, 0) is 0 Å². The molecule has 0 radical (unpaired) electrons. The molecule has 0 saturated carbocycles. The van der Waals surface area contributed by atoms with E-state index in [-0.39, 0.29) is 5.91 Å². The highest BCUT2D eigenvalue weighted by Gasteiger charge is 2.05. The van der Waals surface area contributed by atoms with Gasteiger partial charge in [0.25, 0.3) is 5.91 Å². The summed E-state index contributed by atoms with van der Waals surface area (Å²) in [7, 11) is 0. The Labute approximate surface area is 151 Å². The number of nitrogens with one attached hydrogen (secondary N) is 2. The molecular formula is C22H17N3O. The van der Waals surface area contributed by atoms with Crippen LogP contribution in [0.3, 0.4) is 0 Å². The molecule has 4 heteroatoms. The number of para-hydroxylation sites is 1. The molecule has 3 aromatic carbocycles. The van der Waals surface area contributed by atoms with Gasteiger partial charge in [0.05, 0.1) is 6.21 Å². The molecule has 2 N–H and O–H groups in total. The van der Waals surface area contributed by atoms with Crippen LogP contribution in [0.25, 0.3) is 22.0 Å². The molecule has 0 aliphatic heterocycles. The number of carbonyl (C=O) groups excluding carboxylic acids is 1. The first kappa shape index (κ1) is 15.8. The molecular weight excluding hydrogens is 322 g/mol. The quantitative estimate of drug-likeness (QED) is 0.414. The smallest absolute Gasteiger partial charge is 0.271 e. The molecule has 1 amide bonds. The van der Waals surface area contributed by atoms with Gasteiger partial charge < -0.3 is 4.98 Å². The van der Waals surface area contributed by atoms with Gasteiger partial charge in [-0.2, -0.15) is 5.10 Å². The number of fused-ring (bicyclic) bond motifs is 1.